The largest absolute Gasteiger partial charge is 0.340 e. The first-order chi connectivity index (χ1) is 10.6. The molecule has 1 amide bonds. The average molecular weight is 312 g/mol. The summed E-state index contributed by atoms with van der Waals surface area (Å²) in [5.41, 5.74) is 3.94. The van der Waals surface area contributed by atoms with Crippen LogP contribution < -0.4 is 5.32 Å². The van der Waals surface area contributed by atoms with Crippen LogP contribution >= 0.6 is 11.8 Å². The van der Waals surface area contributed by atoms with Gasteiger partial charge in [-0.25, -0.2) is 0 Å². The van der Waals surface area contributed by atoms with Crippen molar-refractivity contribution in [2.24, 2.45) is 14.1 Å². The lowest BCUT2D eigenvalue weighted by molar-refractivity contribution is 0.101. The number of carbonyl (C=O) groups is 1. The van der Waals surface area contributed by atoms with Gasteiger partial charge in [0.05, 0.1) is 5.69 Å². The van der Waals surface area contributed by atoms with E-state index in [2.05, 4.69) is 10.4 Å². The van der Waals surface area contributed by atoms with Crippen LogP contribution in [0.2, 0.25) is 0 Å². The average Bonchev–Trinajstić information content (AvgIpc) is 3.16. The zero-order valence-electron chi connectivity index (χ0n) is 12.5. The maximum Gasteiger partial charge on any atom is 0.273 e. The van der Waals surface area contributed by atoms with Gasteiger partial charge >= 0.3 is 0 Å². The molecule has 1 aliphatic rings. The summed E-state index contributed by atoms with van der Waals surface area (Å²) in [5, 5.41) is 8.58. The first kappa shape index (κ1) is 13.5. The molecule has 3 aromatic rings. The normalized spacial score (nSPS) is 13.5. The molecule has 3 heterocycles. The Balaban J connectivity index is 1.71. The smallest absolute Gasteiger partial charge is 0.273 e. The summed E-state index contributed by atoms with van der Waals surface area (Å²) in [6.07, 6.45) is 0. The van der Waals surface area contributed by atoms with E-state index in [0.29, 0.717) is 5.69 Å². The molecule has 4 rings (SSSR count). The van der Waals surface area contributed by atoms with E-state index in [0.717, 1.165) is 39.5 Å². The molecular formula is C16H16N4OS. The van der Waals surface area contributed by atoms with Crippen LogP contribution in [0.4, 0.5) is 5.82 Å². The van der Waals surface area contributed by atoms with Gasteiger partial charge in [-0.3, -0.25) is 9.48 Å². The van der Waals surface area contributed by atoms with Crippen LogP contribution in [-0.2, 0) is 25.6 Å². The summed E-state index contributed by atoms with van der Waals surface area (Å²) in [4.78, 5) is 12.7. The number of rotatable bonds is 2. The van der Waals surface area contributed by atoms with Crippen molar-refractivity contribution < 1.29 is 4.79 Å². The number of fused-ring (bicyclic) bond motifs is 2. The Bertz CT molecular complexity index is 893. The molecule has 5 nitrogen and oxygen atoms in total. The first-order valence-corrected chi connectivity index (χ1v) is 8.29. The predicted molar refractivity (Wildman–Crippen MR) is 89.1 cm³/mol. The number of amides is 1. The van der Waals surface area contributed by atoms with E-state index >= 15 is 0 Å². The van der Waals surface area contributed by atoms with Gasteiger partial charge in [-0.2, -0.15) is 16.9 Å². The molecule has 6 heteroatoms. The summed E-state index contributed by atoms with van der Waals surface area (Å²) in [7, 11) is 3.79. The Morgan fingerprint density at radius 3 is 2.91 bits per heavy atom. The second-order valence-corrected chi connectivity index (χ2v) is 6.48. The lowest BCUT2D eigenvalue weighted by atomic mass is 10.2. The summed E-state index contributed by atoms with van der Waals surface area (Å²) in [5.74, 6) is 2.55. The molecule has 1 N–H and O–H groups in total. The minimum Gasteiger partial charge on any atom is -0.340 e. The fraction of sp³-hybridized carbons (Fsp3) is 0.250. The molecule has 2 aromatic heterocycles. The third-order valence-electron chi connectivity index (χ3n) is 4.13. The minimum absolute atomic E-state index is 0.0959. The van der Waals surface area contributed by atoms with Gasteiger partial charge < -0.3 is 9.88 Å². The number of hydrogen-bond donors (Lipinski definition) is 1. The highest BCUT2D eigenvalue weighted by Gasteiger charge is 2.23. The Hall–Kier alpha value is -2.21. The van der Waals surface area contributed by atoms with Crippen LogP contribution in [0.25, 0.3) is 10.9 Å². The van der Waals surface area contributed by atoms with Crippen molar-refractivity contribution in [1.29, 1.82) is 0 Å². The van der Waals surface area contributed by atoms with Gasteiger partial charge in [0.25, 0.3) is 5.91 Å². The Labute approximate surface area is 132 Å². The van der Waals surface area contributed by atoms with E-state index in [4.69, 9.17) is 0 Å². The van der Waals surface area contributed by atoms with E-state index in [1.165, 1.54) is 0 Å². The number of aromatic nitrogens is 3. The predicted octanol–water partition coefficient (Wildman–Crippen LogP) is 2.91. The molecule has 0 saturated carbocycles. The lowest BCUT2D eigenvalue weighted by Crippen LogP contribution is -2.18. The van der Waals surface area contributed by atoms with Gasteiger partial charge in [-0.1, -0.05) is 18.2 Å². The summed E-state index contributed by atoms with van der Waals surface area (Å²) in [6, 6.07) is 9.93. The van der Waals surface area contributed by atoms with E-state index < -0.39 is 0 Å². The number of nitrogens with one attached hydrogen (secondary N) is 1. The van der Waals surface area contributed by atoms with Gasteiger partial charge in [0.1, 0.15) is 11.5 Å². The van der Waals surface area contributed by atoms with Crippen molar-refractivity contribution in [2.45, 2.75) is 11.5 Å². The first-order valence-electron chi connectivity index (χ1n) is 7.13. The number of para-hydroxylation sites is 1. The highest BCUT2D eigenvalue weighted by molar-refractivity contribution is 7.98. The lowest BCUT2D eigenvalue weighted by Gasteiger charge is -2.08. The summed E-state index contributed by atoms with van der Waals surface area (Å²) < 4.78 is 3.70. The van der Waals surface area contributed by atoms with E-state index in [-0.39, 0.29) is 5.91 Å². The molecule has 0 radical (unpaired) electrons. The van der Waals surface area contributed by atoms with Crippen LogP contribution in [0.1, 0.15) is 21.7 Å². The molecule has 0 spiro atoms. The molecule has 1 aliphatic heterocycles. The molecule has 0 unspecified atom stereocenters. The molecule has 0 bridgehead atoms. The molecule has 0 atom stereocenters. The molecule has 112 valence electrons. The van der Waals surface area contributed by atoms with E-state index in [1.807, 2.05) is 60.8 Å². The van der Waals surface area contributed by atoms with Crippen molar-refractivity contribution in [3.05, 3.63) is 47.3 Å². The fourth-order valence-corrected chi connectivity index (χ4v) is 4.01. The monoisotopic (exact) mass is 312 g/mol. The van der Waals surface area contributed by atoms with E-state index in [1.54, 1.807) is 4.68 Å². The van der Waals surface area contributed by atoms with Crippen LogP contribution in [0.15, 0.2) is 30.3 Å². The number of nitrogens with zero attached hydrogens (tertiary/aromatic N) is 3. The van der Waals surface area contributed by atoms with Crippen molar-refractivity contribution in [3.8, 4) is 0 Å². The van der Waals surface area contributed by atoms with Gasteiger partial charge in [-0.15, -0.1) is 0 Å². The maximum atomic E-state index is 12.7. The molecule has 1 aromatic carbocycles. The van der Waals surface area contributed by atoms with Crippen LogP contribution in [0.5, 0.6) is 0 Å². The topological polar surface area (TPSA) is 51.9 Å². The fourth-order valence-electron chi connectivity index (χ4n) is 2.98. The van der Waals surface area contributed by atoms with Crippen LogP contribution in [-0.4, -0.2) is 20.3 Å². The second kappa shape index (κ2) is 4.91. The Morgan fingerprint density at radius 1 is 1.27 bits per heavy atom. The number of benzene rings is 1. The zero-order valence-corrected chi connectivity index (χ0v) is 13.3. The molecule has 0 saturated heterocycles. The van der Waals surface area contributed by atoms with Gasteiger partial charge in [0, 0.05) is 42.1 Å². The minimum atomic E-state index is -0.0959. The second-order valence-electron chi connectivity index (χ2n) is 5.49. The summed E-state index contributed by atoms with van der Waals surface area (Å²) >= 11 is 1.83. The quantitative estimate of drug-likeness (QED) is 0.791. The molecule has 22 heavy (non-hydrogen) atoms. The number of aryl methyl sites for hydroxylation is 2. The number of hydrogen-bond acceptors (Lipinski definition) is 3. The highest BCUT2D eigenvalue weighted by atomic mass is 32.2. The van der Waals surface area contributed by atoms with Crippen molar-refractivity contribution in [2.75, 3.05) is 5.32 Å². The Morgan fingerprint density at radius 2 is 2.09 bits per heavy atom. The van der Waals surface area contributed by atoms with E-state index in [9.17, 15) is 4.79 Å². The number of anilines is 1. The van der Waals surface area contributed by atoms with Gasteiger partial charge in [0.2, 0.25) is 0 Å². The van der Waals surface area contributed by atoms with Crippen LogP contribution in [0, 0.1) is 0 Å². The van der Waals surface area contributed by atoms with Crippen molar-refractivity contribution in [3.63, 3.8) is 0 Å². The third-order valence-corrected chi connectivity index (χ3v) is 5.10. The molecule has 0 fully saturated rings. The third kappa shape index (κ3) is 1.94. The van der Waals surface area contributed by atoms with Gasteiger partial charge in [-0.05, 0) is 12.1 Å². The standard InChI is InChI=1S/C16H16N4OS/c1-19-13-6-4-3-5-10(13)7-14(19)16(21)17-15-11-8-22-9-12(11)18-20(15)2/h3-7H,8-9H2,1-2H3,(H,17,21). The molecular weight excluding hydrogens is 296 g/mol. The maximum absolute atomic E-state index is 12.7. The Kier molecular flexibility index (Phi) is 3.00. The SMILES string of the molecule is Cn1nc2c(c1NC(=O)c1cc3ccccc3n1C)CSC2. The van der Waals surface area contributed by atoms with Crippen LogP contribution in [0.3, 0.4) is 0 Å². The zero-order chi connectivity index (χ0) is 15.3. The van der Waals surface area contributed by atoms with Crippen molar-refractivity contribution in [1.82, 2.24) is 14.3 Å². The summed E-state index contributed by atoms with van der Waals surface area (Å²) in [6.45, 7) is 0. The van der Waals surface area contributed by atoms with Gasteiger partial charge in [0.15, 0.2) is 0 Å². The molecule has 0 aliphatic carbocycles. The number of thioether (sulfide) groups is 1. The highest BCUT2D eigenvalue weighted by Crippen LogP contribution is 2.34. The van der Waals surface area contributed by atoms with Crippen molar-refractivity contribution >= 4 is 34.4 Å². The number of carbonyl (C=O) groups excluding carboxylic acids is 1.